The summed E-state index contributed by atoms with van der Waals surface area (Å²) in [5.41, 5.74) is 0. The van der Waals surface area contributed by atoms with Crippen LogP contribution >= 0.6 is 11.3 Å². The maximum absolute atomic E-state index is 11.9. The summed E-state index contributed by atoms with van der Waals surface area (Å²) in [6, 6.07) is 0.382. The van der Waals surface area contributed by atoms with Gasteiger partial charge in [0.25, 0.3) is 0 Å². The molecule has 0 unspecified atom stereocenters. The molecule has 16 heavy (non-hydrogen) atoms. The van der Waals surface area contributed by atoms with Crippen LogP contribution in [-0.2, 0) is 6.42 Å². The van der Waals surface area contributed by atoms with Crippen molar-refractivity contribution >= 4 is 22.5 Å². The van der Waals surface area contributed by atoms with Crippen molar-refractivity contribution in [2.75, 3.05) is 11.9 Å². The predicted octanol–water partition coefficient (Wildman–Crippen LogP) is 2.12. The summed E-state index contributed by atoms with van der Waals surface area (Å²) in [6.07, 6.45) is 3.10. The van der Waals surface area contributed by atoms with Gasteiger partial charge < -0.3 is 4.90 Å². The van der Waals surface area contributed by atoms with E-state index in [1.54, 1.807) is 0 Å². The molecule has 1 fully saturated rings. The van der Waals surface area contributed by atoms with Gasteiger partial charge in [-0.15, -0.1) is 10.2 Å². The van der Waals surface area contributed by atoms with Gasteiger partial charge in [0.15, 0.2) is 0 Å². The largest absolute Gasteiger partial charge is 0.323 e. The molecule has 0 radical (unpaired) electrons. The quantitative estimate of drug-likeness (QED) is 0.877. The highest BCUT2D eigenvalue weighted by Crippen LogP contribution is 2.27. The summed E-state index contributed by atoms with van der Waals surface area (Å²) in [5.74, 6) is 0. The molecular weight excluding hydrogens is 224 g/mol. The molecule has 0 saturated heterocycles. The van der Waals surface area contributed by atoms with Crippen molar-refractivity contribution in [3.05, 3.63) is 5.01 Å². The Bertz CT molecular complexity index is 375. The van der Waals surface area contributed by atoms with Crippen molar-refractivity contribution in [1.29, 1.82) is 0 Å². The van der Waals surface area contributed by atoms with Crippen LogP contribution in [0, 0.1) is 0 Å². The summed E-state index contributed by atoms with van der Waals surface area (Å²) in [5, 5.41) is 12.2. The van der Waals surface area contributed by atoms with E-state index in [0.717, 1.165) is 30.8 Å². The Balaban J connectivity index is 1.94. The molecule has 1 aliphatic carbocycles. The number of carbonyl (C=O) groups is 1. The van der Waals surface area contributed by atoms with Gasteiger partial charge in [-0.05, 0) is 26.2 Å². The zero-order valence-corrected chi connectivity index (χ0v) is 10.4. The van der Waals surface area contributed by atoms with Crippen LogP contribution in [0.4, 0.5) is 9.93 Å². The van der Waals surface area contributed by atoms with Gasteiger partial charge in [-0.25, -0.2) is 4.79 Å². The van der Waals surface area contributed by atoms with Gasteiger partial charge in [-0.1, -0.05) is 18.3 Å². The summed E-state index contributed by atoms with van der Waals surface area (Å²) in [6.45, 7) is 4.76. The molecule has 0 spiro atoms. The van der Waals surface area contributed by atoms with Crippen molar-refractivity contribution in [1.82, 2.24) is 15.1 Å². The first-order valence-electron chi connectivity index (χ1n) is 5.64. The Hall–Kier alpha value is -1.17. The predicted molar refractivity (Wildman–Crippen MR) is 63.7 cm³/mol. The molecular formula is C10H16N4OS. The molecule has 1 saturated carbocycles. The number of aromatic nitrogens is 2. The van der Waals surface area contributed by atoms with E-state index in [1.807, 2.05) is 18.7 Å². The first kappa shape index (κ1) is 11.3. The van der Waals surface area contributed by atoms with E-state index in [2.05, 4.69) is 15.5 Å². The first-order chi connectivity index (χ1) is 7.74. The Morgan fingerprint density at radius 2 is 2.25 bits per heavy atom. The second kappa shape index (κ2) is 4.78. The van der Waals surface area contributed by atoms with Crippen LogP contribution in [0.15, 0.2) is 0 Å². The lowest BCUT2D eigenvalue weighted by Crippen LogP contribution is -2.36. The Morgan fingerprint density at radius 1 is 1.50 bits per heavy atom. The van der Waals surface area contributed by atoms with E-state index < -0.39 is 0 Å². The monoisotopic (exact) mass is 240 g/mol. The van der Waals surface area contributed by atoms with E-state index >= 15 is 0 Å². The first-order valence-corrected chi connectivity index (χ1v) is 6.46. The number of hydrogen-bond acceptors (Lipinski definition) is 4. The van der Waals surface area contributed by atoms with Gasteiger partial charge in [0.1, 0.15) is 5.01 Å². The molecule has 5 nitrogen and oxygen atoms in total. The third-order valence-corrected chi connectivity index (χ3v) is 3.56. The van der Waals surface area contributed by atoms with Crippen molar-refractivity contribution in [2.45, 2.75) is 39.2 Å². The number of hydrogen-bond donors (Lipinski definition) is 1. The van der Waals surface area contributed by atoms with E-state index in [9.17, 15) is 4.79 Å². The van der Waals surface area contributed by atoms with Crippen LogP contribution < -0.4 is 5.32 Å². The minimum atomic E-state index is -0.0520. The van der Waals surface area contributed by atoms with Crippen LogP contribution in [0.5, 0.6) is 0 Å². The molecule has 1 aliphatic rings. The average Bonchev–Trinajstić information content (AvgIpc) is 2.99. The van der Waals surface area contributed by atoms with E-state index in [4.69, 9.17) is 0 Å². The zero-order chi connectivity index (χ0) is 11.5. The van der Waals surface area contributed by atoms with Gasteiger partial charge >= 0.3 is 6.03 Å². The van der Waals surface area contributed by atoms with E-state index in [1.165, 1.54) is 11.3 Å². The van der Waals surface area contributed by atoms with Crippen LogP contribution in [0.2, 0.25) is 0 Å². The van der Waals surface area contributed by atoms with Crippen LogP contribution in [0.3, 0.4) is 0 Å². The molecule has 1 heterocycles. The van der Waals surface area contributed by atoms with Crippen LogP contribution in [0.25, 0.3) is 0 Å². The molecule has 1 aromatic rings. The topological polar surface area (TPSA) is 58.1 Å². The van der Waals surface area contributed by atoms with Crippen molar-refractivity contribution < 1.29 is 4.79 Å². The minimum absolute atomic E-state index is 0.0520. The summed E-state index contributed by atoms with van der Waals surface area (Å²) in [7, 11) is 0. The average molecular weight is 240 g/mol. The van der Waals surface area contributed by atoms with Crippen molar-refractivity contribution in [3.8, 4) is 0 Å². The van der Waals surface area contributed by atoms with Gasteiger partial charge in [-0.2, -0.15) is 0 Å². The second-order valence-corrected chi connectivity index (χ2v) is 4.86. The molecule has 0 aromatic carbocycles. The molecule has 1 N–H and O–H groups in total. The normalized spacial score (nSPS) is 14.9. The lowest BCUT2D eigenvalue weighted by molar-refractivity contribution is 0.212. The van der Waals surface area contributed by atoms with Gasteiger partial charge in [0.2, 0.25) is 5.13 Å². The molecule has 0 aliphatic heterocycles. The smallest absolute Gasteiger partial charge is 0.322 e. The van der Waals surface area contributed by atoms with Gasteiger partial charge in [0, 0.05) is 12.6 Å². The van der Waals surface area contributed by atoms with Crippen LogP contribution in [0.1, 0.15) is 31.7 Å². The zero-order valence-electron chi connectivity index (χ0n) is 9.56. The van der Waals surface area contributed by atoms with Gasteiger partial charge in [-0.3, -0.25) is 5.32 Å². The molecule has 2 rings (SSSR count). The molecule has 6 heteroatoms. The fraction of sp³-hybridized carbons (Fsp3) is 0.700. The Labute approximate surface area is 98.9 Å². The molecule has 0 atom stereocenters. The molecule has 0 bridgehead atoms. The number of carbonyl (C=O) groups excluding carboxylic acids is 1. The number of rotatable bonds is 4. The maximum atomic E-state index is 11.9. The summed E-state index contributed by atoms with van der Waals surface area (Å²) < 4.78 is 0. The molecule has 2 amide bonds. The number of urea groups is 1. The van der Waals surface area contributed by atoms with Crippen molar-refractivity contribution in [3.63, 3.8) is 0 Å². The summed E-state index contributed by atoms with van der Waals surface area (Å²) in [4.78, 5) is 13.7. The number of nitrogens with one attached hydrogen (secondary N) is 1. The van der Waals surface area contributed by atoms with Crippen LogP contribution in [-0.4, -0.2) is 33.7 Å². The Kier molecular flexibility index (Phi) is 3.38. The maximum Gasteiger partial charge on any atom is 0.323 e. The Morgan fingerprint density at radius 3 is 2.75 bits per heavy atom. The number of aryl methyl sites for hydroxylation is 1. The lowest BCUT2D eigenvalue weighted by Gasteiger charge is -2.19. The number of anilines is 1. The van der Waals surface area contributed by atoms with Gasteiger partial charge in [0.05, 0.1) is 0 Å². The second-order valence-electron chi connectivity index (χ2n) is 3.80. The SMILES string of the molecule is CCc1nnc(NC(=O)N(CC)C2CC2)s1. The fourth-order valence-electron chi connectivity index (χ4n) is 1.56. The van der Waals surface area contributed by atoms with E-state index in [-0.39, 0.29) is 6.03 Å². The highest BCUT2D eigenvalue weighted by atomic mass is 32.1. The minimum Gasteiger partial charge on any atom is -0.322 e. The summed E-state index contributed by atoms with van der Waals surface area (Å²) >= 11 is 1.44. The highest BCUT2D eigenvalue weighted by molar-refractivity contribution is 7.15. The van der Waals surface area contributed by atoms with Crippen molar-refractivity contribution in [2.24, 2.45) is 0 Å². The standard InChI is InChI=1S/C10H16N4OS/c1-3-8-12-13-9(16-8)11-10(15)14(4-2)7-5-6-7/h7H,3-6H2,1-2H3,(H,11,13,15). The molecule has 1 aromatic heterocycles. The highest BCUT2D eigenvalue weighted by Gasteiger charge is 2.31. The van der Waals surface area contributed by atoms with E-state index in [0.29, 0.717) is 11.2 Å². The number of amides is 2. The molecule has 88 valence electrons. The fourth-order valence-corrected chi connectivity index (χ4v) is 2.23. The number of nitrogens with zero attached hydrogens (tertiary/aromatic N) is 3. The lowest BCUT2D eigenvalue weighted by atomic mass is 10.5. The third-order valence-electron chi connectivity index (χ3n) is 2.57. The third kappa shape index (κ3) is 2.49.